The molecule has 1 aromatic heterocycles. The molecule has 1 aromatic carbocycles. The van der Waals surface area contributed by atoms with Gasteiger partial charge in [0.1, 0.15) is 5.54 Å². The number of para-hydroxylation sites is 1. The molecule has 1 aliphatic rings. The fourth-order valence-corrected chi connectivity index (χ4v) is 3.18. The van der Waals surface area contributed by atoms with Crippen LogP contribution in [0, 0.1) is 0 Å². The van der Waals surface area contributed by atoms with Crippen LogP contribution in [0.15, 0.2) is 30.5 Å². The van der Waals surface area contributed by atoms with Crippen molar-refractivity contribution in [3.8, 4) is 0 Å². The summed E-state index contributed by atoms with van der Waals surface area (Å²) in [4.78, 5) is 13.4. The summed E-state index contributed by atoms with van der Waals surface area (Å²) in [5, 5.41) is 10.5. The third-order valence-electron chi connectivity index (χ3n) is 4.41. The second-order valence-corrected chi connectivity index (χ2v) is 5.88. The van der Waals surface area contributed by atoms with Gasteiger partial charge in [0.2, 0.25) is 0 Å². The number of benzene rings is 1. The standard InChI is InChI=1S/C16H21N3O2/c1-2-19-10-12(13-5-3-4-6-14(13)19)9-18-8-7-16(17,11-18)15(20)21/h3-6,10H,2,7-9,11,17H2,1H3,(H,20,21). The van der Waals surface area contributed by atoms with Crippen molar-refractivity contribution in [1.29, 1.82) is 0 Å². The monoisotopic (exact) mass is 287 g/mol. The Hall–Kier alpha value is -1.85. The Labute approximate surface area is 124 Å². The lowest BCUT2D eigenvalue weighted by Gasteiger charge is -2.19. The molecule has 1 aliphatic heterocycles. The Morgan fingerprint density at radius 2 is 2.19 bits per heavy atom. The van der Waals surface area contributed by atoms with E-state index in [4.69, 9.17) is 5.73 Å². The summed E-state index contributed by atoms with van der Waals surface area (Å²) in [5.41, 5.74) is 7.32. The average Bonchev–Trinajstić information content (AvgIpc) is 3.02. The van der Waals surface area contributed by atoms with Gasteiger partial charge in [-0.15, -0.1) is 0 Å². The molecule has 0 bridgehead atoms. The van der Waals surface area contributed by atoms with Crippen LogP contribution in [0.25, 0.3) is 10.9 Å². The normalized spacial score (nSPS) is 23.0. The molecule has 0 radical (unpaired) electrons. The predicted octanol–water partition coefficient (Wildman–Crippen LogP) is 1.65. The number of fused-ring (bicyclic) bond motifs is 1. The van der Waals surface area contributed by atoms with E-state index in [0.717, 1.165) is 19.6 Å². The number of aliphatic carboxylic acids is 1. The van der Waals surface area contributed by atoms with Crippen molar-refractivity contribution in [2.45, 2.75) is 32.0 Å². The Morgan fingerprint density at radius 3 is 2.86 bits per heavy atom. The van der Waals surface area contributed by atoms with Crippen LogP contribution >= 0.6 is 0 Å². The highest BCUT2D eigenvalue weighted by molar-refractivity contribution is 5.84. The molecule has 5 nitrogen and oxygen atoms in total. The highest BCUT2D eigenvalue weighted by Crippen LogP contribution is 2.26. The number of nitrogens with two attached hydrogens (primary N) is 1. The molecular formula is C16H21N3O2. The number of aryl methyl sites for hydroxylation is 1. The molecule has 5 heteroatoms. The van der Waals surface area contributed by atoms with Crippen molar-refractivity contribution in [3.05, 3.63) is 36.0 Å². The van der Waals surface area contributed by atoms with Crippen LogP contribution in [-0.2, 0) is 17.9 Å². The topological polar surface area (TPSA) is 71.5 Å². The van der Waals surface area contributed by atoms with E-state index in [9.17, 15) is 9.90 Å². The lowest BCUT2D eigenvalue weighted by atomic mass is 10.0. The molecule has 21 heavy (non-hydrogen) atoms. The van der Waals surface area contributed by atoms with Crippen LogP contribution in [0.2, 0.25) is 0 Å². The number of nitrogens with zero attached hydrogens (tertiary/aromatic N) is 2. The molecule has 0 spiro atoms. The number of carbonyl (C=O) groups is 1. The molecule has 2 heterocycles. The van der Waals surface area contributed by atoms with E-state index in [0.29, 0.717) is 13.0 Å². The van der Waals surface area contributed by atoms with Crippen LogP contribution < -0.4 is 5.73 Å². The van der Waals surface area contributed by atoms with Gasteiger partial charge in [0, 0.05) is 43.3 Å². The number of hydrogen-bond acceptors (Lipinski definition) is 3. The molecule has 1 saturated heterocycles. The zero-order valence-corrected chi connectivity index (χ0v) is 12.2. The average molecular weight is 287 g/mol. The van der Waals surface area contributed by atoms with Crippen LogP contribution in [-0.4, -0.2) is 39.2 Å². The smallest absolute Gasteiger partial charge is 0.325 e. The first-order valence-corrected chi connectivity index (χ1v) is 7.35. The second kappa shape index (κ2) is 5.16. The summed E-state index contributed by atoms with van der Waals surface area (Å²) in [6, 6.07) is 8.33. The Balaban J connectivity index is 1.85. The van der Waals surface area contributed by atoms with Crippen LogP contribution in [0.5, 0.6) is 0 Å². The summed E-state index contributed by atoms with van der Waals surface area (Å²) in [7, 11) is 0. The summed E-state index contributed by atoms with van der Waals surface area (Å²) in [6.07, 6.45) is 2.68. The van der Waals surface area contributed by atoms with Crippen LogP contribution in [0.1, 0.15) is 18.9 Å². The van der Waals surface area contributed by atoms with Gasteiger partial charge < -0.3 is 15.4 Å². The number of rotatable bonds is 4. The van der Waals surface area contributed by atoms with E-state index in [-0.39, 0.29) is 0 Å². The number of carboxylic acids is 1. The highest BCUT2D eigenvalue weighted by Gasteiger charge is 2.41. The maximum absolute atomic E-state index is 11.2. The van der Waals surface area contributed by atoms with E-state index in [2.05, 4.69) is 34.7 Å². The van der Waals surface area contributed by atoms with Crippen molar-refractivity contribution < 1.29 is 9.90 Å². The molecule has 0 saturated carbocycles. The van der Waals surface area contributed by atoms with Gasteiger partial charge in [0.15, 0.2) is 0 Å². The molecule has 1 fully saturated rings. The minimum absolute atomic E-state index is 0.411. The molecule has 112 valence electrons. The summed E-state index contributed by atoms with van der Waals surface area (Å²) in [6.45, 7) is 4.94. The van der Waals surface area contributed by atoms with Crippen molar-refractivity contribution in [2.24, 2.45) is 5.73 Å². The van der Waals surface area contributed by atoms with E-state index >= 15 is 0 Å². The van der Waals surface area contributed by atoms with Crippen molar-refractivity contribution >= 4 is 16.9 Å². The van der Waals surface area contributed by atoms with Crippen LogP contribution in [0.3, 0.4) is 0 Å². The van der Waals surface area contributed by atoms with Gasteiger partial charge in [-0.1, -0.05) is 18.2 Å². The Morgan fingerprint density at radius 1 is 1.43 bits per heavy atom. The summed E-state index contributed by atoms with van der Waals surface area (Å²) >= 11 is 0. The zero-order valence-electron chi connectivity index (χ0n) is 12.2. The first kappa shape index (κ1) is 14.1. The Bertz CT molecular complexity index is 679. The highest BCUT2D eigenvalue weighted by atomic mass is 16.4. The summed E-state index contributed by atoms with van der Waals surface area (Å²) < 4.78 is 2.23. The molecule has 0 amide bonds. The second-order valence-electron chi connectivity index (χ2n) is 5.88. The molecule has 1 atom stereocenters. The maximum atomic E-state index is 11.2. The predicted molar refractivity (Wildman–Crippen MR) is 82.1 cm³/mol. The van der Waals surface area contributed by atoms with Gasteiger partial charge in [-0.3, -0.25) is 9.69 Å². The van der Waals surface area contributed by atoms with E-state index in [1.807, 2.05) is 12.1 Å². The molecular weight excluding hydrogens is 266 g/mol. The SMILES string of the molecule is CCn1cc(CN2CCC(N)(C(=O)O)C2)c2ccccc21. The number of carboxylic acid groups (broad SMARTS) is 1. The fourth-order valence-electron chi connectivity index (χ4n) is 3.18. The third-order valence-corrected chi connectivity index (χ3v) is 4.41. The first-order valence-electron chi connectivity index (χ1n) is 7.35. The van der Waals surface area contributed by atoms with Crippen LogP contribution in [0.4, 0.5) is 0 Å². The van der Waals surface area contributed by atoms with Gasteiger partial charge in [-0.05, 0) is 25.0 Å². The number of likely N-dealkylation sites (tertiary alicyclic amines) is 1. The third kappa shape index (κ3) is 2.43. The lowest BCUT2D eigenvalue weighted by molar-refractivity contribution is -0.142. The number of hydrogen-bond donors (Lipinski definition) is 2. The van der Waals surface area contributed by atoms with Crippen molar-refractivity contribution in [2.75, 3.05) is 13.1 Å². The van der Waals surface area contributed by atoms with Gasteiger partial charge >= 0.3 is 5.97 Å². The summed E-state index contributed by atoms with van der Waals surface area (Å²) in [5.74, 6) is -0.902. The maximum Gasteiger partial charge on any atom is 0.325 e. The van der Waals surface area contributed by atoms with Gasteiger partial charge in [0.25, 0.3) is 0 Å². The minimum atomic E-state index is -1.09. The zero-order chi connectivity index (χ0) is 15.0. The van der Waals surface area contributed by atoms with Gasteiger partial charge in [-0.2, -0.15) is 0 Å². The van der Waals surface area contributed by atoms with Crippen molar-refractivity contribution in [1.82, 2.24) is 9.47 Å². The van der Waals surface area contributed by atoms with E-state index in [1.165, 1.54) is 16.5 Å². The molecule has 2 aromatic rings. The largest absolute Gasteiger partial charge is 0.480 e. The number of aromatic nitrogens is 1. The fraction of sp³-hybridized carbons (Fsp3) is 0.438. The van der Waals surface area contributed by atoms with E-state index < -0.39 is 11.5 Å². The van der Waals surface area contributed by atoms with Gasteiger partial charge in [0.05, 0.1) is 0 Å². The quantitative estimate of drug-likeness (QED) is 0.897. The lowest BCUT2D eigenvalue weighted by Crippen LogP contribution is -2.50. The Kier molecular flexibility index (Phi) is 3.47. The first-order chi connectivity index (χ1) is 10.0. The minimum Gasteiger partial charge on any atom is -0.480 e. The molecule has 3 rings (SSSR count). The van der Waals surface area contributed by atoms with Crippen molar-refractivity contribution in [3.63, 3.8) is 0 Å². The van der Waals surface area contributed by atoms with E-state index in [1.54, 1.807) is 0 Å². The molecule has 3 N–H and O–H groups in total. The molecule has 0 aliphatic carbocycles. The van der Waals surface area contributed by atoms with Gasteiger partial charge in [-0.25, -0.2) is 0 Å². The molecule has 1 unspecified atom stereocenters.